The van der Waals surface area contributed by atoms with Gasteiger partial charge >= 0.3 is 12.1 Å². The van der Waals surface area contributed by atoms with Gasteiger partial charge in [0.25, 0.3) is 11.8 Å². The van der Waals surface area contributed by atoms with Gasteiger partial charge < -0.3 is 21.1 Å². The lowest BCUT2D eigenvalue weighted by atomic mass is 10.1. The number of nitrogens with zero attached hydrogens (tertiary/aromatic N) is 3. The predicted molar refractivity (Wildman–Crippen MR) is 135 cm³/mol. The lowest BCUT2D eigenvalue weighted by molar-refractivity contribution is -0.137. The molecule has 198 valence electrons. The van der Waals surface area contributed by atoms with Gasteiger partial charge in [-0.1, -0.05) is 12.1 Å². The van der Waals surface area contributed by atoms with Crippen LogP contribution < -0.4 is 16.0 Å². The van der Waals surface area contributed by atoms with Gasteiger partial charge in [0.1, 0.15) is 5.69 Å². The molecule has 0 bridgehead atoms. The maximum absolute atomic E-state index is 13.0. The summed E-state index contributed by atoms with van der Waals surface area (Å²) in [5, 5.41) is 16.9. The fourth-order valence-corrected chi connectivity index (χ4v) is 3.36. The molecule has 0 fully saturated rings. The summed E-state index contributed by atoms with van der Waals surface area (Å²) in [5.41, 5.74) is 0.482. The molecule has 2 aromatic heterocycles. The fraction of sp³-hybridized carbons (Fsp3) is 0.0769. The minimum atomic E-state index is -4.59. The van der Waals surface area contributed by atoms with Gasteiger partial charge in [0.05, 0.1) is 35.5 Å². The minimum absolute atomic E-state index is 0.117. The Balaban J connectivity index is 1.42. The van der Waals surface area contributed by atoms with Crippen molar-refractivity contribution < 1.29 is 32.7 Å². The number of aryl methyl sites for hydroxylation is 1. The van der Waals surface area contributed by atoms with Crippen LogP contribution in [0.5, 0.6) is 0 Å². The Morgan fingerprint density at radius 3 is 2.10 bits per heavy atom. The summed E-state index contributed by atoms with van der Waals surface area (Å²) in [4.78, 5) is 48.3. The summed E-state index contributed by atoms with van der Waals surface area (Å²) < 4.78 is 38.9. The number of anilines is 4. The lowest BCUT2D eigenvalue weighted by Crippen LogP contribution is -2.16. The lowest BCUT2D eigenvalue weighted by Gasteiger charge is -2.12. The summed E-state index contributed by atoms with van der Waals surface area (Å²) >= 11 is 0. The zero-order chi connectivity index (χ0) is 28.2. The Morgan fingerprint density at radius 1 is 0.795 bits per heavy atom. The van der Waals surface area contributed by atoms with Gasteiger partial charge in [-0.15, -0.1) is 0 Å². The molecule has 10 nitrogen and oxygen atoms in total. The van der Waals surface area contributed by atoms with Crippen LogP contribution in [0.1, 0.15) is 42.3 Å². The van der Waals surface area contributed by atoms with Crippen molar-refractivity contribution in [2.24, 2.45) is 0 Å². The standard InChI is InChI=1S/C26H19F3N6O4/c1-14-5-6-17(33-22(36)15-3-2-4-16(9-15)26(27,28)29)10-20(14)23(37)34-19-12-31-25(32-13-19)35-18-7-8-21(24(38)39)30-11-18/h2-13H,1H3,(H,33,36)(H,34,37)(H,38,39)(H,31,32,35). The second kappa shape index (κ2) is 11.0. The SMILES string of the molecule is Cc1ccc(NC(=O)c2cccc(C(F)(F)F)c2)cc1C(=O)Nc1cnc(Nc2ccc(C(=O)O)nc2)nc1. The van der Waals surface area contributed by atoms with E-state index < -0.39 is 29.5 Å². The molecule has 39 heavy (non-hydrogen) atoms. The number of hydrogen-bond acceptors (Lipinski definition) is 7. The molecule has 0 saturated heterocycles. The molecule has 4 aromatic rings. The van der Waals surface area contributed by atoms with E-state index in [0.717, 1.165) is 18.2 Å². The van der Waals surface area contributed by atoms with Crippen molar-refractivity contribution in [2.45, 2.75) is 13.1 Å². The van der Waals surface area contributed by atoms with E-state index in [1.165, 1.54) is 48.9 Å². The zero-order valence-electron chi connectivity index (χ0n) is 20.1. The normalized spacial score (nSPS) is 11.0. The highest BCUT2D eigenvalue weighted by Crippen LogP contribution is 2.29. The molecule has 2 aromatic carbocycles. The van der Waals surface area contributed by atoms with E-state index in [4.69, 9.17) is 5.11 Å². The number of carboxylic acid groups (broad SMARTS) is 1. The first-order valence-corrected chi connectivity index (χ1v) is 11.2. The molecule has 4 N–H and O–H groups in total. The number of nitrogens with one attached hydrogen (secondary N) is 3. The van der Waals surface area contributed by atoms with Gasteiger partial charge in [-0.25, -0.2) is 19.7 Å². The van der Waals surface area contributed by atoms with Gasteiger partial charge in [-0.05, 0) is 55.0 Å². The number of alkyl halides is 3. The summed E-state index contributed by atoms with van der Waals surface area (Å²) in [7, 11) is 0. The molecule has 0 aliphatic carbocycles. The summed E-state index contributed by atoms with van der Waals surface area (Å²) in [6, 6.07) is 11.3. The van der Waals surface area contributed by atoms with Crippen LogP contribution >= 0.6 is 0 Å². The van der Waals surface area contributed by atoms with E-state index >= 15 is 0 Å². The zero-order valence-corrected chi connectivity index (χ0v) is 20.1. The van der Waals surface area contributed by atoms with Crippen LogP contribution in [-0.4, -0.2) is 37.8 Å². The highest BCUT2D eigenvalue weighted by molar-refractivity contribution is 6.08. The van der Waals surface area contributed by atoms with E-state index in [0.29, 0.717) is 11.3 Å². The highest BCUT2D eigenvalue weighted by atomic mass is 19.4. The maximum atomic E-state index is 13.0. The number of aromatic nitrogens is 3. The molecule has 0 aliphatic heterocycles. The van der Waals surface area contributed by atoms with Gasteiger partial charge in [0.15, 0.2) is 0 Å². The van der Waals surface area contributed by atoms with Crippen molar-refractivity contribution in [1.29, 1.82) is 0 Å². The Hall–Kier alpha value is -5.33. The number of benzene rings is 2. The van der Waals surface area contributed by atoms with Crippen LogP contribution in [0.2, 0.25) is 0 Å². The number of hydrogen-bond donors (Lipinski definition) is 4. The summed E-state index contributed by atoms with van der Waals surface area (Å²) in [5.74, 6) is -2.27. The molecule has 2 amide bonds. The molecule has 2 heterocycles. The monoisotopic (exact) mass is 536 g/mol. The second-order valence-electron chi connectivity index (χ2n) is 8.17. The number of carboxylic acids is 1. The number of rotatable bonds is 7. The number of carbonyl (C=O) groups excluding carboxylic acids is 2. The first kappa shape index (κ1) is 26.7. The third-order valence-corrected chi connectivity index (χ3v) is 5.34. The first-order valence-electron chi connectivity index (χ1n) is 11.2. The van der Waals surface area contributed by atoms with E-state index in [1.807, 2.05) is 0 Å². The minimum Gasteiger partial charge on any atom is -0.477 e. The summed E-state index contributed by atoms with van der Waals surface area (Å²) in [6.45, 7) is 1.68. The van der Waals surface area contributed by atoms with Crippen LogP contribution in [0, 0.1) is 6.92 Å². The van der Waals surface area contributed by atoms with Crippen LogP contribution in [0.15, 0.2) is 73.2 Å². The topological polar surface area (TPSA) is 146 Å². The van der Waals surface area contributed by atoms with Crippen molar-refractivity contribution >= 4 is 40.8 Å². The van der Waals surface area contributed by atoms with Gasteiger partial charge in [-0.2, -0.15) is 13.2 Å². The van der Waals surface area contributed by atoms with E-state index in [9.17, 15) is 27.6 Å². The molecule has 0 saturated carbocycles. The van der Waals surface area contributed by atoms with Gasteiger partial charge in [0, 0.05) is 16.8 Å². The Labute approximate surface area is 219 Å². The van der Waals surface area contributed by atoms with Crippen LogP contribution in [0.3, 0.4) is 0 Å². The van der Waals surface area contributed by atoms with Crippen LogP contribution in [0.25, 0.3) is 0 Å². The first-order chi connectivity index (χ1) is 18.5. The van der Waals surface area contributed by atoms with Crippen molar-refractivity contribution in [3.05, 3.63) is 101 Å². The molecular weight excluding hydrogens is 517 g/mol. The molecule has 0 radical (unpaired) electrons. The number of aromatic carboxylic acids is 1. The molecular formula is C26H19F3N6O4. The second-order valence-corrected chi connectivity index (χ2v) is 8.17. The number of carbonyl (C=O) groups is 3. The largest absolute Gasteiger partial charge is 0.477 e. The van der Waals surface area contributed by atoms with E-state index in [-0.39, 0.29) is 34.1 Å². The predicted octanol–water partition coefficient (Wildman–Crippen LogP) is 5.15. The number of pyridine rings is 1. The average Bonchev–Trinajstić information content (AvgIpc) is 2.90. The molecule has 0 atom stereocenters. The number of halogens is 3. The molecule has 0 unspecified atom stereocenters. The number of amides is 2. The average molecular weight is 536 g/mol. The Bertz CT molecular complexity index is 1540. The third kappa shape index (κ3) is 6.71. The molecule has 0 spiro atoms. The molecule has 13 heteroatoms. The third-order valence-electron chi connectivity index (χ3n) is 5.34. The van der Waals surface area contributed by atoms with E-state index in [2.05, 4.69) is 30.9 Å². The Kier molecular flexibility index (Phi) is 7.51. The van der Waals surface area contributed by atoms with Crippen LogP contribution in [-0.2, 0) is 6.18 Å². The van der Waals surface area contributed by atoms with E-state index in [1.54, 1.807) is 13.0 Å². The van der Waals surface area contributed by atoms with Crippen molar-refractivity contribution in [3.8, 4) is 0 Å². The summed E-state index contributed by atoms with van der Waals surface area (Å²) in [6.07, 6.45) is -0.583. The fourth-order valence-electron chi connectivity index (χ4n) is 3.36. The van der Waals surface area contributed by atoms with Gasteiger partial charge in [0.2, 0.25) is 5.95 Å². The Morgan fingerprint density at radius 2 is 1.46 bits per heavy atom. The highest BCUT2D eigenvalue weighted by Gasteiger charge is 2.31. The maximum Gasteiger partial charge on any atom is 0.416 e. The van der Waals surface area contributed by atoms with Gasteiger partial charge in [-0.3, -0.25) is 9.59 Å². The van der Waals surface area contributed by atoms with Crippen molar-refractivity contribution in [1.82, 2.24) is 15.0 Å². The van der Waals surface area contributed by atoms with Crippen molar-refractivity contribution in [2.75, 3.05) is 16.0 Å². The molecule has 4 rings (SSSR count). The smallest absolute Gasteiger partial charge is 0.416 e. The molecule has 0 aliphatic rings. The van der Waals surface area contributed by atoms with Crippen molar-refractivity contribution in [3.63, 3.8) is 0 Å². The van der Waals surface area contributed by atoms with Crippen LogP contribution in [0.4, 0.5) is 36.2 Å². The quantitative estimate of drug-likeness (QED) is 0.254.